The number of ether oxygens (including phenoxy) is 2. The van der Waals surface area contributed by atoms with Crippen LogP contribution in [-0.2, 0) is 9.59 Å². The van der Waals surface area contributed by atoms with E-state index in [2.05, 4.69) is 0 Å². The maximum absolute atomic E-state index is 13.9. The molecule has 0 unspecified atom stereocenters. The second-order valence-electron chi connectivity index (χ2n) is 7.76. The lowest BCUT2D eigenvalue weighted by Crippen LogP contribution is -2.61. The van der Waals surface area contributed by atoms with Gasteiger partial charge in [0.25, 0.3) is 5.91 Å². The number of hydrogen-bond donors (Lipinski definition) is 0. The third kappa shape index (κ3) is 4.46. The zero-order chi connectivity index (χ0) is 23.4. The second-order valence-corrected chi connectivity index (χ2v) is 7.76. The lowest BCUT2D eigenvalue weighted by Gasteiger charge is -2.41. The number of carbonyl (C=O) groups is 2. The van der Waals surface area contributed by atoms with E-state index in [1.807, 2.05) is 73.7 Å². The first kappa shape index (κ1) is 22.1. The Balaban J connectivity index is 1.80. The first-order valence-corrected chi connectivity index (χ1v) is 10.7. The molecule has 0 aromatic heterocycles. The van der Waals surface area contributed by atoms with E-state index in [0.717, 1.165) is 11.1 Å². The Morgan fingerprint density at radius 1 is 0.909 bits per heavy atom. The molecule has 0 saturated carbocycles. The van der Waals surface area contributed by atoms with Gasteiger partial charge in [-0.1, -0.05) is 54.6 Å². The number of rotatable bonds is 6. The monoisotopic (exact) mass is 442 g/mol. The molecule has 1 aliphatic rings. The molecule has 168 valence electrons. The van der Waals surface area contributed by atoms with Crippen molar-refractivity contribution in [3.05, 3.63) is 90.0 Å². The number of carbonyl (C=O) groups excluding carboxylic acids is 2. The lowest BCUT2D eigenvalue weighted by atomic mass is 9.98. The van der Waals surface area contributed by atoms with E-state index in [1.165, 1.54) is 12.0 Å². The molecule has 1 aliphatic heterocycles. The molecule has 6 nitrogen and oxygen atoms in total. The fourth-order valence-electron chi connectivity index (χ4n) is 4.07. The number of nitrogens with zero attached hydrogens (tertiary/aromatic N) is 2. The predicted molar refractivity (Wildman–Crippen MR) is 130 cm³/mol. The van der Waals surface area contributed by atoms with Gasteiger partial charge in [0.1, 0.15) is 24.1 Å². The maximum atomic E-state index is 13.9. The Kier molecular flexibility index (Phi) is 6.45. The average molecular weight is 443 g/mol. The standard InChI is InChI=1S/C27H26N2O4/c1-19(16-20-10-6-4-7-11-20)26-27(31)28(23-15-14-22(32-2)17-24(23)33-3)18-25(30)29(26)21-12-8-5-9-13-21/h4-17,26H,18H2,1-3H3/b19-16+/t26-/m0/s1. The zero-order valence-corrected chi connectivity index (χ0v) is 18.9. The fourth-order valence-corrected chi connectivity index (χ4v) is 4.07. The summed E-state index contributed by atoms with van der Waals surface area (Å²) in [6.45, 7) is 1.79. The minimum Gasteiger partial charge on any atom is -0.497 e. The topological polar surface area (TPSA) is 59.1 Å². The molecule has 1 saturated heterocycles. The highest BCUT2D eigenvalue weighted by atomic mass is 16.5. The van der Waals surface area contributed by atoms with Gasteiger partial charge in [-0.3, -0.25) is 19.4 Å². The highest BCUT2D eigenvalue weighted by Crippen LogP contribution is 2.36. The molecule has 0 N–H and O–H groups in total. The molecule has 33 heavy (non-hydrogen) atoms. The molecule has 3 aromatic carbocycles. The van der Waals surface area contributed by atoms with Gasteiger partial charge >= 0.3 is 0 Å². The number of amides is 2. The number of piperazine rings is 1. The highest BCUT2D eigenvalue weighted by molar-refractivity contribution is 6.16. The van der Waals surface area contributed by atoms with Crippen molar-refractivity contribution >= 4 is 29.3 Å². The quantitative estimate of drug-likeness (QED) is 0.562. The van der Waals surface area contributed by atoms with E-state index in [1.54, 1.807) is 30.2 Å². The summed E-state index contributed by atoms with van der Waals surface area (Å²) in [7, 11) is 3.10. The fraction of sp³-hybridized carbons (Fsp3) is 0.185. The summed E-state index contributed by atoms with van der Waals surface area (Å²) >= 11 is 0. The van der Waals surface area contributed by atoms with Crippen LogP contribution in [0, 0.1) is 0 Å². The van der Waals surface area contributed by atoms with Crippen molar-refractivity contribution < 1.29 is 19.1 Å². The molecule has 0 bridgehead atoms. The van der Waals surface area contributed by atoms with E-state index in [4.69, 9.17) is 9.47 Å². The summed E-state index contributed by atoms with van der Waals surface area (Å²) in [6.07, 6.45) is 1.94. The number of para-hydroxylation sites is 1. The van der Waals surface area contributed by atoms with Crippen LogP contribution in [0.3, 0.4) is 0 Å². The van der Waals surface area contributed by atoms with Crippen LogP contribution in [0.1, 0.15) is 12.5 Å². The predicted octanol–water partition coefficient (Wildman–Crippen LogP) is 4.56. The van der Waals surface area contributed by atoms with Crippen LogP contribution in [0.25, 0.3) is 6.08 Å². The van der Waals surface area contributed by atoms with Crippen molar-refractivity contribution in [3.63, 3.8) is 0 Å². The molecule has 0 spiro atoms. The number of benzene rings is 3. The average Bonchev–Trinajstić information content (AvgIpc) is 2.85. The van der Waals surface area contributed by atoms with E-state index in [-0.39, 0.29) is 18.4 Å². The molecule has 0 radical (unpaired) electrons. The summed E-state index contributed by atoms with van der Waals surface area (Å²) in [5.41, 5.74) is 2.94. The Morgan fingerprint density at radius 3 is 2.21 bits per heavy atom. The summed E-state index contributed by atoms with van der Waals surface area (Å²) in [6, 6.07) is 23.5. The van der Waals surface area contributed by atoms with Crippen molar-refractivity contribution in [2.45, 2.75) is 13.0 Å². The van der Waals surface area contributed by atoms with Crippen molar-refractivity contribution in [1.29, 1.82) is 0 Å². The molecular weight excluding hydrogens is 416 g/mol. The van der Waals surface area contributed by atoms with Gasteiger partial charge in [0.15, 0.2) is 0 Å². The summed E-state index contributed by atoms with van der Waals surface area (Å²) < 4.78 is 10.8. The van der Waals surface area contributed by atoms with Crippen LogP contribution in [0.2, 0.25) is 0 Å². The normalized spacial score (nSPS) is 16.7. The number of anilines is 2. The van der Waals surface area contributed by atoms with Crippen molar-refractivity contribution in [2.75, 3.05) is 30.6 Å². The summed E-state index contributed by atoms with van der Waals surface area (Å²) in [4.78, 5) is 30.4. The smallest absolute Gasteiger partial charge is 0.255 e. The van der Waals surface area contributed by atoms with Crippen molar-refractivity contribution in [3.8, 4) is 11.5 Å². The van der Waals surface area contributed by atoms with E-state index < -0.39 is 6.04 Å². The van der Waals surface area contributed by atoms with Crippen molar-refractivity contribution in [1.82, 2.24) is 0 Å². The second kappa shape index (κ2) is 9.61. The van der Waals surface area contributed by atoms with E-state index >= 15 is 0 Å². The largest absolute Gasteiger partial charge is 0.497 e. The molecule has 1 fully saturated rings. The summed E-state index contributed by atoms with van der Waals surface area (Å²) in [5.74, 6) is 0.692. The van der Waals surface area contributed by atoms with Gasteiger partial charge in [0, 0.05) is 11.8 Å². The molecule has 3 aromatic rings. The number of methoxy groups -OCH3 is 2. The van der Waals surface area contributed by atoms with Gasteiger partial charge < -0.3 is 9.47 Å². The minimum absolute atomic E-state index is 0.0917. The van der Waals surface area contributed by atoms with Crippen LogP contribution < -0.4 is 19.3 Å². The van der Waals surface area contributed by atoms with Crippen LogP contribution in [0.5, 0.6) is 11.5 Å². The molecule has 0 aliphatic carbocycles. The van der Waals surface area contributed by atoms with Gasteiger partial charge in [-0.25, -0.2) is 0 Å². The first-order chi connectivity index (χ1) is 16.0. The van der Waals surface area contributed by atoms with Crippen molar-refractivity contribution in [2.24, 2.45) is 0 Å². The lowest BCUT2D eigenvalue weighted by molar-refractivity contribution is -0.127. The third-order valence-electron chi connectivity index (χ3n) is 5.66. The van der Waals surface area contributed by atoms with Crippen LogP contribution in [0.15, 0.2) is 84.4 Å². The SMILES string of the molecule is COc1ccc(N2CC(=O)N(c3ccccc3)[C@@H](/C(C)=C/c3ccccc3)C2=O)c(OC)c1. The first-order valence-electron chi connectivity index (χ1n) is 10.7. The molecule has 2 amide bonds. The van der Waals surface area contributed by atoms with Crippen LogP contribution >= 0.6 is 0 Å². The summed E-state index contributed by atoms with van der Waals surface area (Å²) in [5, 5.41) is 0. The van der Waals surface area contributed by atoms with E-state index in [0.29, 0.717) is 22.9 Å². The van der Waals surface area contributed by atoms with Crippen LogP contribution in [-0.4, -0.2) is 38.6 Å². The molecule has 4 rings (SSSR count). The molecule has 1 heterocycles. The Bertz CT molecular complexity index is 1180. The Labute approximate surface area is 193 Å². The van der Waals surface area contributed by atoms with Gasteiger partial charge in [-0.05, 0) is 42.3 Å². The van der Waals surface area contributed by atoms with E-state index in [9.17, 15) is 9.59 Å². The Morgan fingerprint density at radius 2 is 1.58 bits per heavy atom. The molecular formula is C27H26N2O4. The van der Waals surface area contributed by atoms with Gasteiger partial charge in [-0.15, -0.1) is 0 Å². The Hall–Kier alpha value is -4.06. The highest BCUT2D eigenvalue weighted by Gasteiger charge is 2.42. The third-order valence-corrected chi connectivity index (χ3v) is 5.66. The molecule has 6 heteroatoms. The minimum atomic E-state index is -0.791. The van der Waals surface area contributed by atoms with Gasteiger partial charge in [0.05, 0.1) is 19.9 Å². The zero-order valence-electron chi connectivity index (χ0n) is 18.9. The van der Waals surface area contributed by atoms with Gasteiger partial charge in [-0.2, -0.15) is 0 Å². The van der Waals surface area contributed by atoms with Crippen LogP contribution in [0.4, 0.5) is 11.4 Å². The molecule has 1 atom stereocenters. The van der Waals surface area contributed by atoms with Gasteiger partial charge in [0.2, 0.25) is 5.91 Å². The number of hydrogen-bond acceptors (Lipinski definition) is 4. The maximum Gasteiger partial charge on any atom is 0.255 e.